The highest BCUT2D eigenvalue weighted by Gasteiger charge is 2.32. The molecule has 2 rings (SSSR count). The molecule has 1 aliphatic heterocycles. The van der Waals surface area contributed by atoms with Gasteiger partial charge in [-0.25, -0.2) is 0 Å². The fourth-order valence-electron chi connectivity index (χ4n) is 2.50. The standard InChI is InChI=1S/C19H22BrNO5S2/c1-4-24-14-10-12(9-13(20)17(14)26-6-3)11-15-18(23)21(19(27)28-15)8-7-16(22)25-5-2/h9-11H,4-8H2,1-3H3/b15-11-. The van der Waals surface area contributed by atoms with Crippen molar-refractivity contribution in [1.82, 2.24) is 4.90 Å². The summed E-state index contributed by atoms with van der Waals surface area (Å²) in [6.45, 7) is 7.06. The molecule has 1 aliphatic rings. The minimum atomic E-state index is -0.350. The molecule has 0 saturated carbocycles. The summed E-state index contributed by atoms with van der Waals surface area (Å²) >= 11 is 10.0. The van der Waals surface area contributed by atoms with Gasteiger partial charge in [-0.1, -0.05) is 24.0 Å². The molecule has 0 radical (unpaired) electrons. The van der Waals surface area contributed by atoms with Crippen LogP contribution in [0.2, 0.25) is 0 Å². The lowest BCUT2D eigenvalue weighted by Gasteiger charge is -2.14. The maximum absolute atomic E-state index is 12.7. The van der Waals surface area contributed by atoms with E-state index in [9.17, 15) is 9.59 Å². The Balaban J connectivity index is 2.22. The fraction of sp³-hybridized carbons (Fsp3) is 0.421. The number of carbonyl (C=O) groups excluding carboxylic acids is 2. The van der Waals surface area contributed by atoms with Gasteiger partial charge in [0, 0.05) is 6.54 Å². The summed E-state index contributed by atoms with van der Waals surface area (Å²) < 4.78 is 17.4. The smallest absolute Gasteiger partial charge is 0.307 e. The minimum Gasteiger partial charge on any atom is -0.490 e. The average Bonchev–Trinajstić information content (AvgIpc) is 2.90. The Bertz CT molecular complexity index is 797. The molecule has 0 unspecified atom stereocenters. The molecule has 1 heterocycles. The van der Waals surface area contributed by atoms with Gasteiger partial charge in [-0.05, 0) is 60.5 Å². The van der Waals surface area contributed by atoms with E-state index in [0.717, 1.165) is 10.0 Å². The van der Waals surface area contributed by atoms with Crippen LogP contribution in [0.4, 0.5) is 0 Å². The Labute approximate surface area is 182 Å². The number of benzene rings is 1. The Kier molecular flexibility index (Phi) is 8.78. The number of halogens is 1. The molecule has 1 saturated heterocycles. The van der Waals surface area contributed by atoms with Crippen molar-refractivity contribution in [2.45, 2.75) is 27.2 Å². The van der Waals surface area contributed by atoms with Crippen molar-refractivity contribution in [2.75, 3.05) is 26.4 Å². The largest absolute Gasteiger partial charge is 0.490 e. The van der Waals surface area contributed by atoms with Crippen molar-refractivity contribution in [2.24, 2.45) is 0 Å². The van der Waals surface area contributed by atoms with E-state index in [0.29, 0.717) is 40.5 Å². The first-order valence-corrected chi connectivity index (χ1v) is 10.9. The third kappa shape index (κ3) is 5.71. The lowest BCUT2D eigenvalue weighted by atomic mass is 10.2. The molecule has 9 heteroatoms. The van der Waals surface area contributed by atoms with Crippen molar-refractivity contribution in [1.29, 1.82) is 0 Å². The van der Waals surface area contributed by atoms with Crippen LogP contribution in [0.5, 0.6) is 11.5 Å². The van der Waals surface area contributed by atoms with Gasteiger partial charge in [-0.3, -0.25) is 14.5 Å². The van der Waals surface area contributed by atoms with Gasteiger partial charge in [-0.2, -0.15) is 0 Å². The number of thiocarbonyl (C=S) groups is 1. The van der Waals surface area contributed by atoms with Gasteiger partial charge in [0.1, 0.15) is 4.32 Å². The predicted molar refractivity (Wildman–Crippen MR) is 118 cm³/mol. The van der Waals surface area contributed by atoms with Gasteiger partial charge in [0.15, 0.2) is 11.5 Å². The molecule has 28 heavy (non-hydrogen) atoms. The van der Waals surface area contributed by atoms with Crippen molar-refractivity contribution in [3.05, 3.63) is 27.1 Å². The van der Waals surface area contributed by atoms with E-state index in [1.54, 1.807) is 13.0 Å². The maximum Gasteiger partial charge on any atom is 0.307 e. The summed E-state index contributed by atoms with van der Waals surface area (Å²) in [7, 11) is 0. The highest BCUT2D eigenvalue weighted by Crippen LogP contribution is 2.39. The Morgan fingerprint density at radius 3 is 2.57 bits per heavy atom. The second kappa shape index (κ2) is 10.8. The van der Waals surface area contributed by atoms with Gasteiger partial charge in [0.05, 0.1) is 35.6 Å². The van der Waals surface area contributed by atoms with Crippen molar-refractivity contribution < 1.29 is 23.8 Å². The van der Waals surface area contributed by atoms with Crippen LogP contribution in [0.15, 0.2) is 21.5 Å². The molecule has 0 atom stereocenters. The second-order valence-electron chi connectivity index (χ2n) is 5.58. The number of thioether (sulfide) groups is 1. The first-order chi connectivity index (χ1) is 13.4. The molecule has 6 nitrogen and oxygen atoms in total. The molecule has 0 spiro atoms. The Morgan fingerprint density at radius 1 is 1.21 bits per heavy atom. The van der Waals surface area contributed by atoms with Crippen LogP contribution in [-0.4, -0.2) is 47.5 Å². The summed E-state index contributed by atoms with van der Waals surface area (Å²) in [5.41, 5.74) is 0.782. The van der Waals surface area contributed by atoms with Crippen LogP contribution in [0.1, 0.15) is 32.8 Å². The number of carbonyl (C=O) groups is 2. The van der Waals surface area contributed by atoms with E-state index in [4.69, 9.17) is 26.4 Å². The predicted octanol–water partition coefficient (Wildman–Crippen LogP) is 4.40. The molecule has 0 N–H and O–H groups in total. The van der Waals surface area contributed by atoms with E-state index in [-0.39, 0.29) is 24.8 Å². The Morgan fingerprint density at radius 2 is 1.93 bits per heavy atom. The molecule has 1 amide bonds. The van der Waals surface area contributed by atoms with E-state index in [1.807, 2.05) is 26.0 Å². The van der Waals surface area contributed by atoms with E-state index < -0.39 is 0 Å². The van der Waals surface area contributed by atoms with Gasteiger partial charge in [0.25, 0.3) is 5.91 Å². The molecule has 0 bridgehead atoms. The maximum atomic E-state index is 12.7. The molecule has 0 aliphatic carbocycles. The quantitative estimate of drug-likeness (QED) is 0.290. The highest BCUT2D eigenvalue weighted by atomic mass is 79.9. The lowest BCUT2D eigenvalue weighted by Crippen LogP contribution is -2.30. The SMILES string of the molecule is CCOC(=O)CCN1C(=O)/C(=C/c2cc(Br)c(OCC)c(OCC)c2)SC1=S. The van der Waals surface area contributed by atoms with Crippen molar-refractivity contribution >= 4 is 62.2 Å². The summed E-state index contributed by atoms with van der Waals surface area (Å²) in [6, 6.07) is 3.68. The molecular formula is C19H22BrNO5S2. The van der Waals surface area contributed by atoms with Crippen LogP contribution in [0.3, 0.4) is 0 Å². The van der Waals surface area contributed by atoms with Crippen molar-refractivity contribution in [3.63, 3.8) is 0 Å². The zero-order valence-corrected chi connectivity index (χ0v) is 19.2. The summed E-state index contributed by atoms with van der Waals surface area (Å²) in [4.78, 5) is 26.2. The summed E-state index contributed by atoms with van der Waals surface area (Å²) in [5, 5.41) is 0. The molecule has 152 valence electrons. The first kappa shape index (κ1) is 22.7. The van der Waals surface area contributed by atoms with Crippen LogP contribution >= 0.6 is 39.9 Å². The molecule has 1 aromatic carbocycles. The summed E-state index contributed by atoms with van der Waals surface area (Å²) in [5.74, 6) is 0.658. The Hall–Kier alpha value is -1.58. The topological polar surface area (TPSA) is 65.1 Å². The molecule has 0 aromatic heterocycles. The van der Waals surface area contributed by atoms with Gasteiger partial charge >= 0.3 is 5.97 Å². The number of ether oxygens (including phenoxy) is 3. The number of rotatable bonds is 9. The van der Waals surface area contributed by atoms with Crippen LogP contribution in [-0.2, 0) is 14.3 Å². The van der Waals surface area contributed by atoms with Crippen LogP contribution in [0.25, 0.3) is 6.08 Å². The van der Waals surface area contributed by atoms with Gasteiger partial charge < -0.3 is 14.2 Å². The monoisotopic (exact) mass is 487 g/mol. The molecular weight excluding hydrogens is 466 g/mol. The molecule has 1 fully saturated rings. The lowest BCUT2D eigenvalue weighted by molar-refractivity contribution is -0.143. The second-order valence-corrected chi connectivity index (χ2v) is 8.11. The van der Waals surface area contributed by atoms with Crippen molar-refractivity contribution in [3.8, 4) is 11.5 Å². The van der Waals surface area contributed by atoms with Crippen LogP contribution in [0, 0.1) is 0 Å². The first-order valence-electron chi connectivity index (χ1n) is 8.91. The van der Waals surface area contributed by atoms with Gasteiger partial charge in [-0.15, -0.1) is 0 Å². The number of hydrogen-bond acceptors (Lipinski definition) is 7. The zero-order chi connectivity index (χ0) is 20.7. The number of hydrogen-bond donors (Lipinski definition) is 0. The van der Waals surface area contributed by atoms with Gasteiger partial charge in [0.2, 0.25) is 0 Å². The number of nitrogens with zero attached hydrogens (tertiary/aromatic N) is 1. The number of amides is 1. The fourth-order valence-corrected chi connectivity index (χ4v) is 4.38. The van der Waals surface area contributed by atoms with Crippen LogP contribution < -0.4 is 9.47 Å². The third-order valence-electron chi connectivity index (χ3n) is 3.64. The van der Waals surface area contributed by atoms with E-state index in [2.05, 4.69) is 15.9 Å². The molecule has 1 aromatic rings. The van der Waals surface area contributed by atoms with E-state index in [1.165, 1.54) is 16.7 Å². The highest BCUT2D eigenvalue weighted by molar-refractivity contribution is 9.10. The normalized spacial score (nSPS) is 15.3. The van der Waals surface area contributed by atoms with E-state index >= 15 is 0 Å². The third-order valence-corrected chi connectivity index (χ3v) is 5.60. The zero-order valence-electron chi connectivity index (χ0n) is 16.0. The summed E-state index contributed by atoms with van der Waals surface area (Å²) in [6.07, 6.45) is 1.86. The number of esters is 1. The minimum absolute atomic E-state index is 0.108. The average molecular weight is 488 g/mol.